The maximum absolute atomic E-state index is 12.8. The summed E-state index contributed by atoms with van der Waals surface area (Å²) in [4.78, 5) is 0.393. The van der Waals surface area contributed by atoms with E-state index in [2.05, 4.69) is 57.2 Å². The number of hydrogen-bond acceptors (Lipinski definition) is 4. The largest absolute Gasteiger partial charge is 0.413 e. The Kier molecular flexibility index (Phi) is 9.65. The zero-order valence-electron chi connectivity index (χ0n) is 18.4. The molecule has 7 heteroatoms. The van der Waals surface area contributed by atoms with Crippen molar-refractivity contribution < 1.29 is 17.6 Å². The first-order chi connectivity index (χ1) is 13.7. The highest BCUT2D eigenvalue weighted by atomic mass is 127. The molecule has 29 heavy (non-hydrogen) atoms. The van der Waals surface area contributed by atoms with Crippen LogP contribution in [0.2, 0.25) is 18.1 Å². The Bertz CT molecular complexity index is 715. The van der Waals surface area contributed by atoms with E-state index in [0.717, 1.165) is 22.6 Å². The summed E-state index contributed by atoms with van der Waals surface area (Å²) < 4.78 is 39.8. The monoisotopic (exact) mass is 552 g/mol. The molecule has 1 saturated heterocycles. The average molecular weight is 553 g/mol. The molecule has 1 aliphatic heterocycles. The van der Waals surface area contributed by atoms with Gasteiger partial charge in [-0.3, -0.25) is 0 Å². The molecule has 1 aromatic carbocycles. The molecule has 0 N–H and O–H groups in total. The van der Waals surface area contributed by atoms with Gasteiger partial charge in [-0.2, -0.15) is 0 Å². The zero-order chi connectivity index (χ0) is 21.7. The molecule has 0 amide bonds. The zero-order valence-corrected chi connectivity index (χ0v) is 22.4. The number of rotatable bonds is 10. The van der Waals surface area contributed by atoms with Crippen LogP contribution in [0.1, 0.15) is 41.0 Å². The van der Waals surface area contributed by atoms with Gasteiger partial charge >= 0.3 is 0 Å². The van der Waals surface area contributed by atoms with E-state index in [1.807, 2.05) is 6.07 Å². The number of alkyl halides is 1. The highest BCUT2D eigenvalue weighted by molar-refractivity contribution is 14.1. The molecule has 4 nitrogen and oxygen atoms in total. The molecular weight excluding hydrogens is 515 g/mol. The lowest BCUT2D eigenvalue weighted by Gasteiger charge is -2.48. The topological polar surface area (TPSA) is 52.6 Å². The van der Waals surface area contributed by atoms with Crippen molar-refractivity contribution >= 4 is 40.7 Å². The predicted molar refractivity (Wildman–Crippen MR) is 131 cm³/mol. The minimum absolute atomic E-state index is 0.0910. The van der Waals surface area contributed by atoms with E-state index in [4.69, 9.17) is 9.16 Å². The van der Waals surface area contributed by atoms with Gasteiger partial charge < -0.3 is 9.16 Å². The molecule has 1 aliphatic rings. The van der Waals surface area contributed by atoms with Crippen molar-refractivity contribution in [3.05, 3.63) is 30.3 Å². The van der Waals surface area contributed by atoms with Gasteiger partial charge in [-0.15, -0.1) is 0 Å². The molecule has 5 atom stereocenters. The normalized spacial score (nSPS) is 28.4. The number of halogens is 1. The third-order valence-electron chi connectivity index (χ3n) is 6.80. The van der Waals surface area contributed by atoms with E-state index < -0.39 is 18.2 Å². The van der Waals surface area contributed by atoms with Crippen LogP contribution in [0.5, 0.6) is 0 Å². The predicted octanol–water partition coefficient (Wildman–Crippen LogP) is 5.72. The van der Waals surface area contributed by atoms with Gasteiger partial charge in [-0.05, 0) is 36.7 Å². The third kappa shape index (κ3) is 6.05. The van der Waals surface area contributed by atoms with Crippen molar-refractivity contribution in [3.8, 4) is 0 Å². The molecule has 0 spiro atoms. The van der Waals surface area contributed by atoms with Gasteiger partial charge in [0.15, 0.2) is 18.2 Å². The summed E-state index contributed by atoms with van der Waals surface area (Å²) in [5, 5.41) is 0. The fraction of sp³-hybridized carbons (Fsp3) is 0.727. The minimum Gasteiger partial charge on any atom is -0.413 e. The number of benzene rings is 1. The van der Waals surface area contributed by atoms with Crippen molar-refractivity contribution in [2.75, 3.05) is 10.2 Å². The van der Waals surface area contributed by atoms with E-state index in [1.165, 1.54) is 0 Å². The van der Waals surface area contributed by atoms with Crippen LogP contribution in [-0.2, 0) is 19.0 Å². The molecule has 0 aromatic heterocycles. The number of hydrogen-bond donors (Lipinski definition) is 0. The molecule has 1 aromatic rings. The summed E-state index contributed by atoms with van der Waals surface area (Å²) in [6.45, 7) is 11.2. The van der Waals surface area contributed by atoms with E-state index in [9.17, 15) is 8.42 Å². The highest BCUT2D eigenvalue weighted by Gasteiger charge is 2.45. The Morgan fingerprint density at radius 2 is 1.55 bits per heavy atom. The van der Waals surface area contributed by atoms with Crippen LogP contribution < -0.4 is 0 Å². The maximum Gasteiger partial charge on any atom is 0.192 e. The Morgan fingerprint density at radius 3 is 2.07 bits per heavy atom. The van der Waals surface area contributed by atoms with Gasteiger partial charge in [0, 0.05) is 16.3 Å². The van der Waals surface area contributed by atoms with E-state index in [-0.39, 0.29) is 30.0 Å². The molecule has 0 bridgehead atoms. The molecule has 2 rings (SSSR count). The van der Waals surface area contributed by atoms with Crippen molar-refractivity contribution in [1.29, 1.82) is 0 Å². The van der Waals surface area contributed by atoms with Crippen LogP contribution in [0.25, 0.3) is 0 Å². The Balaban J connectivity index is 2.17. The standard InChI is InChI=1S/C22H37IO4SSi/c1-6-29(7-2,8-3)27-22-17(4)20(26-21(16-23)18(22)5)14-15-28(24,25)19-12-10-9-11-13-19/h9-13,17-18,20-22H,6-8,14-16H2,1-5H3/t17-,18+,20+,21-,22-/m1/s1. The van der Waals surface area contributed by atoms with Crippen molar-refractivity contribution in [3.63, 3.8) is 0 Å². The van der Waals surface area contributed by atoms with Gasteiger partial charge in [-0.1, -0.05) is 75.4 Å². The quantitative estimate of drug-likeness (QED) is 0.212. The summed E-state index contributed by atoms with van der Waals surface area (Å²) in [6, 6.07) is 12.1. The maximum atomic E-state index is 12.8. The molecule has 0 aliphatic carbocycles. The summed E-state index contributed by atoms with van der Waals surface area (Å²) in [7, 11) is -5.05. The minimum atomic E-state index is -3.30. The third-order valence-corrected chi connectivity index (χ3v) is 14.1. The molecule has 0 unspecified atom stereocenters. The van der Waals surface area contributed by atoms with E-state index in [0.29, 0.717) is 17.2 Å². The molecule has 0 saturated carbocycles. The van der Waals surface area contributed by atoms with Crippen LogP contribution in [0, 0.1) is 11.8 Å². The average Bonchev–Trinajstić information content (AvgIpc) is 2.74. The summed E-state index contributed by atoms with van der Waals surface area (Å²) in [6.07, 6.45) is 0.668. The van der Waals surface area contributed by atoms with Crippen LogP contribution in [-0.4, -0.2) is 45.2 Å². The lowest BCUT2D eigenvalue weighted by molar-refractivity contribution is -0.149. The van der Waals surface area contributed by atoms with E-state index >= 15 is 0 Å². The van der Waals surface area contributed by atoms with Crippen LogP contribution >= 0.6 is 22.6 Å². The molecule has 1 heterocycles. The fourth-order valence-electron chi connectivity index (χ4n) is 4.40. The van der Waals surface area contributed by atoms with Gasteiger partial charge in [0.05, 0.1) is 29.0 Å². The number of sulfone groups is 1. The summed E-state index contributed by atoms with van der Waals surface area (Å²) >= 11 is 2.38. The van der Waals surface area contributed by atoms with Gasteiger partial charge in [0.25, 0.3) is 0 Å². The molecule has 0 radical (unpaired) electrons. The number of ether oxygens (including phenoxy) is 1. The Morgan fingerprint density at radius 1 is 1.00 bits per heavy atom. The fourth-order valence-corrected chi connectivity index (χ4v) is 9.77. The van der Waals surface area contributed by atoms with Crippen LogP contribution in [0.4, 0.5) is 0 Å². The summed E-state index contributed by atoms with van der Waals surface area (Å²) in [5.41, 5.74) is 0. The van der Waals surface area contributed by atoms with Crippen molar-refractivity contribution in [1.82, 2.24) is 0 Å². The molecular formula is C22H37IO4SSi. The van der Waals surface area contributed by atoms with Gasteiger partial charge in [0.2, 0.25) is 0 Å². The van der Waals surface area contributed by atoms with Crippen molar-refractivity contribution in [2.24, 2.45) is 11.8 Å². The Labute approximate surface area is 192 Å². The second-order valence-electron chi connectivity index (χ2n) is 8.33. The lowest BCUT2D eigenvalue weighted by Crippen LogP contribution is -2.55. The SMILES string of the molecule is CC[Si](CC)(CC)O[C@H]1[C@@H](C)[C@@H](CI)O[C@@H](CCS(=O)(=O)c2ccccc2)[C@H]1C. The van der Waals surface area contributed by atoms with Crippen LogP contribution in [0.15, 0.2) is 35.2 Å². The first-order valence-electron chi connectivity index (χ1n) is 10.9. The van der Waals surface area contributed by atoms with Crippen molar-refractivity contribution in [2.45, 2.75) is 82.4 Å². The lowest BCUT2D eigenvalue weighted by atomic mass is 9.82. The molecule has 1 fully saturated rings. The van der Waals surface area contributed by atoms with Crippen LogP contribution in [0.3, 0.4) is 0 Å². The first kappa shape index (κ1) is 25.3. The second-order valence-corrected chi connectivity index (χ2v) is 16.0. The van der Waals surface area contributed by atoms with E-state index in [1.54, 1.807) is 24.3 Å². The Hall–Kier alpha value is 0.0369. The van der Waals surface area contributed by atoms with Gasteiger partial charge in [-0.25, -0.2) is 8.42 Å². The van der Waals surface area contributed by atoms with Gasteiger partial charge in [0.1, 0.15) is 0 Å². The summed E-state index contributed by atoms with van der Waals surface area (Å²) in [5.74, 6) is 0.617. The smallest absolute Gasteiger partial charge is 0.192 e. The molecule has 166 valence electrons. The first-order valence-corrected chi connectivity index (χ1v) is 16.6. The second kappa shape index (κ2) is 11.1. The highest BCUT2D eigenvalue weighted by Crippen LogP contribution is 2.38.